The maximum atomic E-state index is 10.0. The van der Waals surface area contributed by atoms with E-state index < -0.39 is 11.4 Å². The minimum atomic E-state index is -0.757. The van der Waals surface area contributed by atoms with Crippen molar-refractivity contribution in [2.75, 3.05) is 38.8 Å². The second-order valence-electron chi connectivity index (χ2n) is 12.8. The molecule has 0 aromatic heterocycles. The quantitative estimate of drug-likeness (QED) is 0.327. The second-order valence-corrected chi connectivity index (χ2v) is 12.8. The highest BCUT2D eigenvalue weighted by atomic mass is 16.5. The minimum absolute atomic E-state index is 0.583. The van der Waals surface area contributed by atoms with Crippen LogP contribution in [0.4, 0.5) is 11.4 Å². The molecule has 2 heterocycles. The largest absolute Gasteiger partial charge is 0.481 e. The Bertz CT molecular complexity index is 1220. The van der Waals surface area contributed by atoms with Crippen LogP contribution in [0.3, 0.4) is 0 Å². The lowest BCUT2D eigenvalue weighted by atomic mass is 9.86. The van der Waals surface area contributed by atoms with Crippen LogP contribution in [0, 0.1) is 18.3 Å². The van der Waals surface area contributed by atoms with Gasteiger partial charge in [-0.1, -0.05) is 74.9 Å². The molecule has 0 unspecified atom stereocenters. The average Bonchev–Trinajstić information content (AvgIpc) is 3.38. The monoisotopic (exact) mass is 574 g/mol. The minimum Gasteiger partial charge on any atom is -0.481 e. The molecule has 0 amide bonds. The van der Waals surface area contributed by atoms with Gasteiger partial charge in [-0.15, -0.1) is 0 Å². The first-order valence-electron chi connectivity index (χ1n) is 15.3. The van der Waals surface area contributed by atoms with Crippen LogP contribution in [-0.2, 0) is 16.0 Å². The van der Waals surface area contributed by atoms with E-state index in [1.54, 1.807) is 20.8 Å². The lowest BCUT2D eigenvalue weighted by Crippen LogP contribution is -2.18. The number of nitrogens with zero attached hydrogens (tertiary/aromatic N) is 1. The van der Waals surface area contributed by atoms with Crippen LogP contribution in [0.5, 0.6) is 0 Å². The predicted octanol–water partition coefficient (Wildman–Crippen LogP) is 8.87. The van der Waals surface area contributed by atoms with Crippen LogP contribution in [-0.4, -0.2) is 44.9 Å². The van der Waals surface area contributed by atoms with E-state index in [4.69, 9.17) is 9.84 Å². The summed E-state index contributed by atoms with van der Waals surface area (Å²) in [7, 11) is 3.75. The number of benzene rings is 3. The van der Waals surface area contributed by atoms with Gasteiger partial charge in [-0.2, -0.15) is 0 Å². The molecule has 5 nitrogen and oxygen atoms in total. The van der Waals surface area contributed by atoms with Crippen molar-refractivity contribution in [3.8, 4) is 11.1 Å². The first-order chi connectivity index (χ1) is 19.9. The van der Waals surface area contributed by atoms with Crippen molar-refractivity contribution < 1.29 is 14.6 Å². The summed E-state index contributed by atoms with van der Waals surface area (Å²) >= 11 is 0. The highest BCUT2D eigenvalue weighted by molar-refractivity contribution is 5.81. The highest BCUT2D eigenvalue weighted by Gasteiger charge is 2.27. The molecule has 1 saturated heterocycles. The van der Waals surface area contributed by atoms with Crippen LogP contribution in [0.2, 0.25) is 0 Å². The van der Waals surface area contributed by atoms with Gasteiger partial charge >= 0.3 is 5.97 Å². The van der Waals surface area contributed by atoms with Gasteiger partial charge in [-0.25, -0.2) is 0 Å². The van der Waals surface area contributed by atoms with Crippen molar-refractivity contribution in [1.29, 1.82) is 0 Å². The molecule has 5 heteroatoms. The number of rotatable bonds is 3. The maximum Gasteiger partial charge on any atom is 0.308 e. The van der Waals surface area contributed by atoms with E-state index in [9.17, 15) is 4.79 Å². The molecule has 0 aliphatic carbocycles. The SMILES string of the molecule is CC(C)(C)C(=O)O.CC(C)C.CNC.Cc1cccc(-c2cc(C3CCOCC3)cc3c2CCN3c2ccccc2)c1. The highest BCUT2D eigenvalue weighted by Crippen LogP contribution is 2.43. The Balaban J connectivity index is 0.000000371. The Morgan fingerprint density at radius 3 is 2.05 bits per heavy atom. The summed E-state index contributed by atoms with van der Waals surface area (Å²) in [5, 5.41) is 11.0. The van der Waals surface area contributed by atoms with E-state index in [0.717, 1.165) is 44.9 Å². The molecule has 2 aliphatic rings. The predicted molar refractivity (Wildman–Crippen MR) is 179 cm³/mol. The van der Waals surface area contributed by atoms with E-state index in [-0.39, 0.29) is 0 Å². The van der Waals surface area contributed by atoms with E-state index in [2.05, 4.69) is 105 Å². The summed E-state index contributed by atoms with van der Waals surface area (Å²) < 4.78 is 5.62. The second kappa shape index (κ2) is 17.1. The summed E-state index contributed by atoms with van der Waals surface area (Å²) in [6.45, 7) is 16.5. The number of anilines is 2. The Labute approximate surface area is 255 Å². The first kappa shape index (κ1) is 35.0. The third kappa shape index (κ3) is 10.9. The van der Waals surface area contributed by atoms with Gasteiger partial charge in [0.2, 0.25) is 0 Å². The summed E-state index contributed by atoms with van der Waals surface area (Å²) in [6, 6.07) is 24.7. The van der Waals surface area contributed by atoms with E-state index in [1.165, 1.54) is 39.2 Å². The zero-order valence-corrected chi connectivity index (χ0v) is 27.5. The summed E-state index contributed by atoms with van der Waals surface area (Å²) in [6.07, 6.45) is 3.34. The number of carboxylic acid groups (broad SMARTS) is 1. The zero-order chi connectivity index (χ0) is 31.3. The molecule has 3 aromatic rings. The topological polar surface area (TPSA) is 61.8 Å². The number of aryl methyl sites for hydroxylation is 1. The molecule has 0 bridgehead atoms. The standard InChI is InChI=1S/C26H27NO.C5H10O2.C4H10.C2H7N/c1-19-6-5-7-21(16-19)25-17-22(20-11-14-28-15-12-20)18-26-24(25)10-13-27(26)23-8-3-2-4-9-23;1-5(2,3)4(6)7;1-4(2)3;1-3-2/h2-9,16-18,20H,10-15H2,1H3;1-3H3,(H,6,7);4H,1-3H3;3H,1-2H3. The molecule has 0 saturated carbocycles. The molecule has 230 valence electrons. The van der Waals surface area contributed by atoms with Gasteiger partial charge in [-0.05, 0) is 113 Å². The number of carboxylic acids is 1. The molecule has 1 fully saturated rings. The molecule has 2 N–H and O–H groups in total. The number of fused-ring (bicyclic) bond motifs is 1. The Kier molecular flexibility index (Phi) is 14.3. The Morgan fingerprint density at radius 1 is 0.952 bits per heavy atom. The summed E-state index contributed by atoms with van der Waals surface area (Å²) in [5.74, 6) is 0.674. The van der Waals surface area contributed by atoms with E-state index >= 15 is 0 Å². The summed E-state index contributed by atoms with van der Waals surface area (Å²) in [5.41, 5.74) is 9.15. The normalized spacial score (nSPS) is 14.5. The van der Waals surface area contributed by atoms with Crippen molar-refractivity contribution in [3.05, 3.63) is 83.4 Å². The van der Waals surface area contributed by atoms with Gasteiger partial charge < -0.3 is 20.1 Å². The molecule has 0 spiro atoms. The fourth-order valence-corrected chi connectivity index (χ4v) is 4.74. The van der Waals surface area contributed by atoms with E-state index in [0.29, 0.717) is 5.92 Å². The number of aliphatic carboxylic acids is 1. The van der Waals surface area contributed by atoms with Crippen molar-refractivity contribution in [1.82, 2.24) is 5.32 Å². The van der Waals surface area contributed by atoms with Crippen LogP contribution in [0.15, 0.2) is 66.7 Å². The van der Waals surface area contributed by atoms with Gasteiger partial charge in [0.25, 0.3) is 0 Å². The zero-order valence-electron chi connectivity index (χ0n) is 27.5. The molecule has 5 rings (SSSR count). The van der Waals surface area contributed by atoms with Crippen molar-refractivity contribution in [3.63, 3.8) is 0 Å². The fraction of sp³-hybridized carbons (Fsp3) is 0.486. The third-order valence-electron chi connectivity index (χ3n) is 6.86. The molecule has 2 aliphatic heterocycles. The first-order valence-corrected chi connectivity index (χ1v) is 15.3. The number of hydrogen-bond acceptors (Lipinski definition) is 4. The van der Waals surface area contributed by atoms with Crippen molar-refractivity contribution in [2.45, 2.75) is 73.6 Å². The molecule has 42 heavy (non-hydrogen) atoms. The number of ether oxygens (including phenoxy) is 1. The maximum absolute atomic E-state index is 10.0. The number of carbonyl (C=O) groups is 1. The third-order valence-corrected chi connectivity index (χ3v) is 6.86. The van der Waals surface area contributed by atoms with Crippen molar-refractivity contribution >= 4 is 17.3 Å². The van der Waals surface area contributed by atoms with Gasteiger partial charge in [0.15, 0.2) is 0 Å². The summed E-state index contributed by atoms with van der Waals surface area (Å²) in [4.78, 5) is 12.5. The Morgan fingerprint density at radius 2 is 1.52 bits per heavy atom. The smallest absolute Gasteiger partial charge is 0.308 e. The van der Waals surface area contributed by atoms with Gasteiger partial charge in [0.1, 0.15) is 0 Å². The molecular weight excluding hydrogens is 520 g/mol. The van der Waals surface area contributed by atoms with Crippen LogP contribution in [0.25, 0.3) is 11.1 Å². The molecule has 0 atom stereocenters. The number of hydrogen-bond donors (Lipinski definition) is 2. The molecular formula is C37H54N2O3. The van der Waals surface area contributed by atoms with Crippen LogP contribution < -0.4 is 10.2 Å². The van der Waals surface area contributed by atoms with Crippen molar-refractivity contribution in [2.24, 2.45) is 11.3 Å². The Hall–Kier alpha value is -3.15. The lowest BCUT2D eigenvalue weighted by molar-refractivity contribution is -0.145. The van der Waals surface area contributed by atoms with Gasteiger partial charge in [0, 0.05) is 31.1 Å². The van der Waals surface area contributed by atoms with Gasteiger partial charge in [0.05, 0.1) is 5.41 Å². The van der Waals surface area contributed by atoms with E-state index in [1.807, 2.05) is 14.1 Å². The number of nitrogens with one attached hydrogen (secondary N) is 1. The fourth-order valence-electron chi connectivity index (χ4n) is 4.74. The van der Waals surface area contributed by atoms with Crippen LogP contribution >= 0.6 is 0 Å². The lowest BCUT2D eigenvalue weighted by Gasteiger charge is -2.26. The van der Waals surface area contributed by atoms with Crippen LogP contribution in [0.1, 0.15) is 77.0 Å². The molecule has 0 radical (unpaired) electrons. The van der Waals surface area contributed by atoms with Gasteiger partial charge in [-0.3, -0.25) is 4.79 Å². The number of para-hydroxylation sites is 1. The molecule has 3 aromatic carbocycles. The average molecular weight is 575 g/mol.